The van der Waals surface area contributed by atoms with Crippen LogP contribution in [0.1, 0.15) is 51.5 Å². The first-order valence-electron chi connectivity index (χ1n) is 8.63. The van der Waals surface area contributed by atoms with Gasteiger partial charge in [-0.05, 0) is 36.7 Å². The predicted octanol–water partition coefficient (Wildman–Crippen LogP) is 3.97. The number of carboxylic acids is 1. The highest BCUT2D eigenvalue weighted by molar-refractivity contribution is 5.84. The molecule has 0 radical (unpaired) electrons. The van der Waals surface area contributed by atoms with Crippen molar-refractivity contribution in [3.8, 4) is 0 Å². The van der Waals surface area contributed by atoms with Crippen molar-refractivity contribution in [1.82, 2.24) is 5.32 Å². The fourth-order valence-electron chi connectivity index (χ4n) is 3.57. The van der Waals surface area contributed by atoms with E-state index in [4.69, 9.17) is 4.74 Å². The van der Waals surface area contributed by atoms with E-state index in [-0.39, 0.29) is 6.61 Å². The van der Waals surface area contributed by atoms with Crippen molar-refractivity contribution >= 4 is 12.1 Å². The van der Waals surface area contributed by atoms with Gasteiger partial charge in [0.05, 0.1) is 0 Å². The van der Waals surface area contributed by atoms with Crippen LogP contribution in [0.4, 0.5) is 4.79 Å². The number of ether oxygens (including phenoxy) is 1. The molecule has 2 N–H and O–H groups in total. The van der Waals surface area contributed by atoms with Crippen molar-refractivity contribution in [1.29, 1.82) is 0 Å². The van der Waals surface area contributed by atoms with Crippen molar-refractivity contribution in [2.24, 2.45) is 11.8 Å². The molecule has 1 fully saturated rings. The summed E-state index contributed by atoms with van der Waals surface area (Å²) < 4.78 is 5.21. The van der Waals surface area contributed by atoms with E-state index in [1.54, 1.807) is 0 Å². The lowest BCUT2D eigenvalue weighted by molar-refractivity contribution is -0.147. The van der Waals surface area contributed by atoms with Crippen LogP contribution < -0.4 is 5.32 Å². The summed E-state index contributed by atoms with van der Waals surface area (Å²) in [7, 11) is 0. The summed E-state index contributed by atoms with van der Waals surface area (Å²) in [6.07, 6.45) is 3.08. The number of aliphatic carboxylic acids is 1. The van der Waals surface area contributed by atoms with Crippen LogP contribution in [-0.2, 0) is 16.1 Å². The average molecular weight is 333 g/mol. The summed E-state index contributed by atoms with van der Waals surface area (Å²) in [5, 5.41) is 12.3. The van der Waals surface area contributed by atoms with Gasteiger partial charge in [0.25, 0.3) is 0 Å². The zero-order valence-corrected chi connectivity index (χ0v) is 14.5. The van der Waals surface area contributed by atoms with E-state index in [0.29, 0.717) is 24.7 Å². The van der Waals surface area contributed by atoms with Crippen LogP contribution in [-0.4, -0.2) is 22.7 Å². The van der Waals surface area contributed by atoms with Gasteiger partial charge in [-0.15, -0.1) is 0 Å². The van der Waals surface area contributed by atoms with E-state index in [1.165, 1.54) is 0 Å². The van der Waals surface area contributed by atoms with Crippen molar-refractivity contribution in [3.63, 3.8) is 0 Å². The van der Waals surface area contributed by atoms with E-state index in [9.17, 15) is 14.7 Å². The molecular weight excluding hydrogens is 306 g/mol. The molecule has 2 atom stereocenters. The molecular formula is C19H27NO4. The number of alkyl carbamates (subject to hydrolysis) is 1. The van der Waals surface area contributed by atoms with Crippen LogP contribution in [0.3, 0.4) is 0 Å². The summed E-state index contributed by atoms with van der Waals surface area (Å²) in [4.78, 5) is 24.0. The van der Waals surface area contributed by atoms with Gasteiger partial charge >= 0.3 is 12.1 Å². The molecule has 1 aliphatic carbocycles. The number of carbonyl (C=O) groups is 2. The van der Waals surface area contributed by atoms with Gasteiger partial charge in [0.1, 0.15) is 12.1 Å². The Morgan fingerprint density at radius 1 is 1.33 bits per heavy atom. The number of hydrogen-bond donors (Lipinski definition) is 2. The Labute approximate surface area is 143 Å². The summed E-state index contributed by atoms with van der Waals surface area (Å²) in [5.41, 5.74) is -0.329. The highest BCUT2D eigenvalue weighted by Crippen LogP contribution is 2.36. The number of carbonyl (C=O) groups excluding carboxylic acids is 1. The third-order valence-electron chi connectivity index (χ3n) is 4.62. The van der Waals surface area contributed by atoms with E-state index in [2.05, 4.69) is 19.2 Å². The molecule has 1 aliphatic rings. The van der Waals surface area contributed by atoms with Crippen molar-refractivity contribution < 1.29 is 19.4 Å². The second kappa shape index (κ2) is 8.18. The summed E-state index contributed by atoms with van der Waals surface area (Å²) in [6.45, 7) is 4.41. The fourth-order valence-corrected chi connectivity index (χ4v) is 3.57. The minimum absolute atomic E-state index is 0.137. The van der Waals surface area contributed by atoms with Crippen LogP contribution in [0, 0.1) is 11.8 Å². The van der Waals surface area contributed by atoms with Crippen LogP contribution in [0.15, 0.2) is 30.3 Å². The number of nitrogens with one attached hydrogen (secondary N) is 1. The Morgan fingerprint density at radius 3 is 2.67 bits per heavy atom. The molecule has 0 heterocycles. The molecule has 5 nitrogen and oxygen atoms in total. The smallest absolute Gasteiger partial charge is 0.408 e. The maximum atomic E-state index is 12.1. The SMILES string of the molecule is CC(C)CC1CCCC(NC(=O)OCc2ccccc2)(C(=O)O)C1. The molecule has 0 bridgehead atoms. The second-order valence-corrected chi connectivity index (χ2v) is 7.17. The molecule has 0 saturated heterocycles. The summed E-state index contributed by atoms with van der Waals surface area (Å²) >= 11 is 0. The molecule has 24 heavy (non-hydrogen) atoms. The summed E-state index contributed by atoms with van der Waals surface area (Å²) in [5.74, 6) is -0.124. The highest BCUT2D eigenvalue weighted by atomic mass is 16.5. The molecule has 2 unspecified atom stereocenters. The minimum atomic E-state index is -1.20. The number of carboxylic acid groups (broad SMARTS) is 1. The Hall–Kier alpha value is -2.04. The van der Waals surface area contributed by atoms with Gasteiger partial charge in [0.2, 0.25) is 0 Å². The van der Waals surface area contributed by atoms with Crippen molar-refractivity contribution in [2.75, 3.05) is 0 Å². The number of rotatable bonds is 6. The largest absolute Gasteiger partial charge is 0.480 e. The molecule has 1 aromatic rings. The standard InChI is InChI=1S/C19H27NO4/c1-14(2)11-16-9-6-10-19(12-16,17(21)22)20-18(23)24-13-15-7-4-3-5-8-15/h3-5,7-8,14,16H,6,9-13H2,1-2H3,(H,20,23)(H,21,22). The maximum Gasteiger partial charge on any atom is 0.408 e. The van der Waals surface area contributed by atoms with E-state index in [1.807, 2.05) is 30.3 Å². The lowest BCUT2D eigenvalue weighted by atomic mass is 9.73. The molecule has 0 spiro atoms. The maximum absolute atomic E-state index is 12.1. The van der Waals surface area contributed by atoms with E-state index < -0.39 is 17.6 Å². The highest BCUT2D eigenvalue weighted by Gasteiger charge is 2.44. The van der Waals surface area contributed by atoms with Gasteiger partial charge < -0.3 is 15.2 Å². The number of benzene rings is 1. The average Bonchev–Trinajstić information content (AvgIpc) is 2.53. The Balaban J connectivity index is 1.96. The molecule has 2 rings (SSSR count). The first-order chi connectivity index (χ1) is 11.4. The van der Waals surface area contributed by atoms with Crippen molar-refractivity contribution in [2.45, 2.75) is 58.1 Å². The van der Waals surface area contributed by atoms with Gasteiger partial charge in [-0.3, -0.25) is 0 Å². The molecule has 5 heteroatoms. The summed E-state index contributed by atoms with van der Waals surface area (Å²) in [6, 6.07) is 9.35. The topological polar surface area (TPSA) is 75.6 Å². The zero-order valence-electron chi connectivity index (χ0n) is 14.5. The first-order valence-corrected chi connectivity index (χ1v) is 8.63. The monoisotopic (exact) mass is 333 g/mol. The number of hydrogen-bond acceptors (Lipinski definition) is 3. The molecule has 1 amide bonds. The van der Waals surface area contributed by atoms with Gasteiger partial charge in [-0.1, -0.05) is 57.0 Å². The van der Waals surface area contributed by atoms with Crippen LogP contribution in [0.5, 0.6) is 0 Å². The Bertz CT molecular complexity index is 558. The third-order valence-corrected chi connectivity index (χ3v) is 4.62. The zero-order chi connectivity index (χ0) is 17.6. The van der Waals surface area contributed by atoms with Gasteiger partial charge in [-0.2, -0.15) is 0 Å². The Kier molecular flexibility index (Phi) is 6.23. The van der Waals surface area contributed by atoms with E-state index >= 15 is 0 Å². The van der Waals surface area contributed by atoms with Gasteiger partial charge in [0, 0.05) is 0 Å². The lowest BCUT2D eigenvalue weighted by Crippen LogP contribution is -2.57. The molecule has 0 aromatic heterocycles. The first kappa shape index (κ1) is 18.3. The molecule has 132 valence electrons. The second-order valence-electron chi connectivity index (χ2n) is 7.17. The molecule has 1 saturated carbocycles. The fraction of sp³-hybridized carbons (Fsp3) is 0.579. The number of amides is 1. The van der Waals surface area contributed by atoms with Crippen LogP contribution in [0.2, 0.25) is 0 Å². The third kappa shape index (κ3) is 4.98. The van der Waals surface area contributed by atoms with Gasteiger partial charge in [-0.25, -0.2) is 9.59 Å². The van der Waals surface area contributed by atoms with Crippen molar-refractivity contribution in [3.05, 3.63) is 35.9 Å². The van der Waals surface area contributed by atoms with Crippen LogP contribution in [0.25, 0.3) is 0 Å². The molecule has 1 aromatic carbocycles. The predicted molar refractivity (Wildman–Crippen MR) is 91.5 cm³/mol. The Morgan fingerprint density at radius 2 is 2.04 bits per heavy atom. The minimum Gasteiger partial charge on any atom is -0.480 e. The quantitative estimate of drug-likeness (QED) is 0.826. The lowest BCUT2D eigenvalue weighted by Gasteiger charge is -2.38. The normalized spacial score (nSPS) is 23.7. The van der Waals surface area contributed by atoms with Crippen LogP contribution >= 0.6 is 0 Å². The van der Waals surface area contributed by atoms with E-state index in [0.717, 1.165) is 24.8 Å². The molecule has 0 aliphatic heterocycles. The van der Waals surface area contributed by atoms with Gasteiger partial charge in [0.15, 0.2) is 0 Å².